The monoisotopic (exact) mass is 541 g/mol. The summed E-state index contributed by atoms with van der Waals surface area (Å²) in [7, 11) is 1.63. The molecule has 0 N–H and O–H groups in total. The first-order chi connectivity index (χ1) is 19.7. The van der Waals surface area contributed by atoms with Crippen LogP contribution in [0.5, 0.6) is 5.75 Å². The third kappa shape index (κ3) is 6.06. The first-order valence-corrected chi connectivity index (χ1v) is 13.9. The minimum absolute atomic E-state index is 0.0296. The summed E-state index contributed by atoms with van der Waals surface area (Å²) >= 11 is 1.43. The first kappa shape index (κ1) is 26.7. The lowest BCUT2D eigenvalue weighted by Crippen LogP contribution is -2.26. The van der Waals surface area contributed by atoms with E-state index in [9.17, 15) is 10.1 Å². The van der Waals surface area contributed by atoms with Crippen molar-refractivity contribution >= 4 is 29.0 Å². The fourth-order valence-electron chi connectivity index (χ4n) is 4.43. The molecular formula is C34H27N3O2S. The van der Waals surface area contributed by atoms with Gasteiger partial charge in [-0.25, -0.2) is 4.98 Å². The zero-order chi connectivity index (χ0) is 27.7. The van der Waals surface area contributed by atoms with E-state index in [-0.39, 0.29) is 12.3 Å². The second-order valence-corrected chi connectivity index (χ2v) is 10.0. The molecule has 0 aliphatic rings. The fraction of sp³-hybridized carbons (Fsp3) is 0.0882. The third-order valence-electron chi connectivity index (χ3n) is 6.40. The summed E-state index contributed by atoms with van der Waals surface area (Å²) in [4.78, 5) is 20.2. The molecule has 0 fully saturated rings. The van der Waals surface area contributed by atoms with Crippen molar-refractivity contribution in [2.24, 2.45) is 0 Å². The Bertz CT molecular complexity index is 1580. The van der Waals surface area contributed by atoms with E-state index in [1.54, 1.807) is 12.0 Å². The molecule has 0 saturated heterocycles. The zero-order valence-corrected chi connectivity index (χ0v) is 22.8. The summed E-state index contributed by atoms with van der Waals surface area (Å²) in [5.74, 6) is 1.18. The quantitative estimate of drug-likeness (QED) is 0.176. The number of pyridine rings is 1. The summed E-state index contributed by atoms with van der Waals surface area (Å²) in [5, 5.41) is 10.8. The van der Waals surface area contributed by atoms with Crippen molar-refractivity contribution < 1.29 is 9.53 Å². The van der Waals surface area contributed by atoms with Crippen LogP contribution in [0.3, 0.4) is 0 Å². The van der Waals surface area contributed by atoms with E-state index in [1.807, 2.05) is 121 Å². The highest BCUT2D eigenvalue weighted by Crippen LogP contribution is 2.35. The standard InChI is InChI=1S/C34H27N3O2S/c1-39-29-19-17-25(18-20-29)30-23-32(26-11-5-2-6-12-26)36-34(31(30)24-35)40-22-21-33(38)37(27-13-7-3-8-14-27)28-15-9-4-10-16-28/h2-20,23H,21-22H2,1H3. The van der Waals surface area contributed by atoms with Gasteiger partial charge in [0.25, 0.3) is 0 Å². The Hall–Kier alpha value is -4.86. The van der Waals surface area contributed by atoms with Crippen molar-refractivity contribution in [2.45, 2.75) is 11.4 Å². The third-order valence-corrected chi connectivity index (χ3v) is 7.38. The van der Waals surface area contributed by atoms with Gasteiger partial charge in [-0.1, -0.05) is 78.9 Å². The van der Waals surface area contributed by atoms with Gasteiger partial charge in [0.05, 0.1) is 18.4 Å². The summed E-state index contributed by atoms with van der Waals surface area (Å²) < 4.78 is 5.32. The van der Waals surface area contributed by atoms with Gasteiger partial charge in [0.1, 0.15) is 16.8 Å². The van der Waals surface area contributed by atoms with Crippen molar-refractivity contribution in [2.75, 3.05) is 17.8 Å². The first-order valence-electron chi connectivity index (χ1n) is 12.9. The SMILES string of the molecule is COc1ccc(-c2cc(-c3ccccc3)nc(SCCC(=O)N(c3ccccc3)c3ccccc3)c2C#N)cc1. The molecule has 5 rings (SSSR count). The predicted molar refractivity (Wildman–Crippen MR) is 162 cm³/mol. The molecule has 0 saturated carbocycles. The Kier molecular flexibility index (Phi) is 8.55. The Balaban J connectivity index is 1.45. The van der Waals surface area contributed by atoms with E-state index >= 15 is 0 Å². The van der Waals surface area contributed by atoms with Crippen LogP contribution < -0.4 is 9.64 Å². The van der Waals surface area contributed by atoms with Crippen LogP contribution in [0.15, 0.2) is 126 Å². The normalized spacial score (nSPS) is 10.5. The predicted octanol–water partition coefficient (Wildman–Crippen LogP) is 8.14. The molecule has 4 aromatic carbocycles. The number of carbonyl (C=O) groups is 1. The molecule has 6 heteroatoms. The van der Waals surface area contributed by atoms with E-state index in [1.165, 1.54) is 11.8 Å². The molecule has 0 spiro atoms. The van der Waals surface area contributed by atoms with Crippen molar-refractivity contribution in [1.29, 1.82) is 5.26 Å². The molecule has 1 amide bonds. The number of para-hydroxylation sites is 2. The molecule has 196 valence electrons. The molecule has 1 heterocycles. The van der Waals surface area contributed by atoms with E-state index in [0.717, 1.165) is 39.5 Å². The number of ether oxygens (including phenoxy) is 1. The van der Waals surface area contributed by atoms with Gasteiger partial charge in [-0.15, -0.1) is 11.8 Å². The zero-order valence-electron chi connectivity index (χ0n) is 22.0. The molecule has 0 atom stereocenters. The number of anilines is 2. The van der Waals surface area contributed by atoms with Crippen molar-refractivity contribution in [3.8, 4) is 34.2 Å². The van der Waals surface area contributed by atoms with Gasteiger partial charge < -0.3 is 4.74 Å². The molecular weight excluding hydrogens is 514 g/mol. The molecule has 0 radical (unpaired) electrons. The largest absolute Gasteiger partial charge is 0.497 e. The van der Waals surface area contributed by atoms with Crippen molar-refractivity contribution in [3.63, 3.8) is 0 Å². The fourth-order valence-corrected chi connectivity index (χ4v) is 5.36. The minimum Gasteiger partial charge on any atom is -0.497 e. The van der Waals surface area contributed by atoms with Gasteiger partial charge in [0, 0.05) is 34.7 Å². The second kappa shape index (κ2) is 12.8. The van der Waals surface area contributed by atoms with Crippen LogP contribution in [-0.2, 0) is 4.79 Å². The molecule has 40 heavy (non-hydrogen) atoms. The minimum atomic E-state index is -0.0296. The molecule has 0 aliphatic carbocycles. The van der Waals surface area contributed by atoms with Crippen LogP contribution >= 0.6 is 11.8 Å². The summed E-state index contributed by atoms with van der Waals surface area (Å²) in [5.41, 5.74) is 5.54. The van der Waals surface area contributed by atoms with Crippen LogP contribution in [0.4, 0.5) is 11.4 Å². The molecule has 0 bridgehead atoms. The van der Waals surface area contributed by atoms with Gasteiger partial charge in [0.2, 0.25) is 5.91 Å². The summed E-state index contributed by atoms with van der Waals surface area (Å²) in [6, 6.07) is 41.2. The van der Waals surface area contributed by atoms with E-state index in [0.29, 0.717) is 16.3 Å². The number of rotatable bonds is 9. The highest BCUT2D eigenvalue weighted by atomic mass is 32.2. The number of hydrogen-bond acceptors (Lipinski definition) is 5. The lowest BCUT2D eigenvalue weighted by molar-refractivity contribution is -0.117. The number of amides is 1. The average molecular weight is 542 g/mol. The Labute approximate surface area is 238 Å². The topological polar surface area (TPSA) is 66.2 Å². The number of carbonyl (C=O) groups excluding carboxylic acids is 1. The van der Waals surface area contributed by atoms with Gasteiger partial charge in [0.15, 0.2) is 0 Å². The van der Waals surface area contributed by atoms with Crippen LogP contribution in [0.1, 0.15) is 12.0 Å². The number of hydrogen-bond donors (Lipinski definition) is 0. The number of nitriles is 1. The number of thioether (sulfide) groups is 1. The molecule has 5 aromatic rings. The summed E-state index contributed by atoms with van der Waals surface area (Å²) in [6.07, 6.45) is 0.272. The highest BCUT2D eigenvalue weighted by Gasteiger charge is 2.20. The van der Waals surface area contributed by atoms with Crippen LogP contribution in [0.2, 0.25) is 0 Å². The van der Waals surface area contributed by atoms with E-state index in [2.05, 4.69) is 6.07 Å². The molecule has 0 unspecified atom stereocenters. The second-order valence-electron chi connectivity index (χ2n) is 8.94. The van der Waals surface area contributed by atoms with Gasteiger partial charge >= 0.3 is 0 Å². The van der Waals surface area contributed by atoms with Crippen molar-refractivity contribution in [3.05, 3.63) is 127 Å². The highest BCUT2D eigenvalue weighted by molar-refractivity contribution is 7.99. The van der Waals surface area contributed by atoms with E-state index in [4.69, 9.17) is 9.72 Å². The average Bonchev–Trinajstić information content (AvgIpc) is 3.02. The number of aromatic nitrogens is 1. The Morgan fingerprint density at radius 2 is 1.40 bits per heavy atom. The van der Waals surface area contributed by atoms with Crippen LogP contribution in [-0.4, -0.2) is 23.8 Å². The maximum absolute atomic E-state index is 13.5. The maximum atomic E-state index is 13.5. The van der Waals surface area contributed by atoms with Crippen molar-refractivity contribution in [1.82, 2.24) is 4.98 Å². The van der Waals surface area contributed by atoms with Gasteiger partial charge in [-0.3, -0.25) is 9.69 Å². The number of nitrogens with zero attached hydrogens (tertiary/aromatic N) is 3. The van der Waals surface area contributed by atoms with Gasteiger partial charge in [-0.05, 0) is 48.0 Å². The van der Waals surface area contributed by atoms with Crippen LogP contribution in [0.25, 0.3) is 22.4 Å². The molecule has 5 nitrogen and oxygen atoms in total. The maximum Gasteiger partial charge on any atom is 0.232 e. The number of benzene rings is 4. The molecule has 1 aromatic heterocycles. The smallest absolute Gasteiger partial charge is 0.232 e. The number of methoxy groups -OCH3 is 1. The molecule has 0 aliphatic heterocycles. The lowest BCUT2D eigenvalue weighted by Gasteiger charge is -2.23. The van der Waals surface area contributed by atoms with E-state index < -0.39 is 0 Å². The lowest BCUT2D eigenvalue weighted by atomic mass is 9.99. The Morgan fingerprint density at radius 3 is 1.95 bits per heavy atom. The summed E-state index contributed by atoms with van der Waals surface area (Å²) in [6.45, 7) is 0. The Morgan fingerprint density at radius 1 is 0.825 bits per heavy atom. The van der Waals surface area contributed by atoms with Gasteiger partial charge in [-0.2, -0.15) is 5.26 Å². The van der Waals surface area contributed by atoms with Crippen LogP contribution in [0, 0.1) is 11.3 Å².